The van der Waals surface area contributed by atoms with Crippen LogP contribution in [0, 0.1) is 0 Å². The van der Waals surface area contributed by atoms with Gasteiger partial charge in [0, 0.05) is 22.6 Å². The maximum absolute atomic E-state index is 12.8. The number of para-hydroxylation sites is 1. The van der Waals surface area contributed by atoms with E-state index in [2.05, 4.69) is 10.3 Å². The average Bonchev–Trinajstić information content (AvgIpc) is 3.17. The second-order valence-electron chi connectivity index (χ2n) is 6.73. The molecule has 0 fully saturated rings. The van der Waals surface area contributed by atoms with Crippen LogP contribution in [0.1, 0.15) is 33.6 Å². The summed E-state index contributed by atoms with van der Waals surface area (Å²) in [6.07, 6.45) is 2.63. The summed E-state index contributed by atoms with van der Waals surface area (Å²) >= 11 is 6.08. The van der Waals surface area contributed by atoms with Gasteiger partial charge in [-0.25, -0.2) is 4.79 Å². The number of rotatable bonds is 5. The molecule has 142 valence electrons. The van der Waals surface area contributed by atoms with E-state index in [9.17, 15) is 9.59 Å². The number of nitrogens with zero attached hydrogens (tertiary/aromatic N) is 1. The van der Waals surface area contributed by atoms with Gasteiger partial charge in [0.15, 0.2) is 6.61 Å². The fraction of sp³-hybridized carbons (Fsp3) is 0.227. The SMILES string of the molecule is O=C(COC(=O)c1c2c(nc3ccccc13)CCC2)NCc1ccccc1Cl. The highest BCUT2D eigenvalue weighted by atomic mass is 35.5. The molecule has 1 aliphatic carbocycles. The highest BCUT2D eigenvalue weighted by Gasteiger charge is 2.25. The minimum Gasteiger partial charge on any atom is -0.452 e. The number of hydrogen-bond donors (Lipinski definition) is 1. The summed E-state index contributed by atoms with van der Waals surface area (Å²) in [7, 11) is 0. The lowest BCUT2D eigenvalue weighted by atomic mass is 10.0. The van der Waals surface area contributed by atoms with Gasteiger partial charge in [0.2, 0.25) is 0 Å². The second-order valence-corrected chi connectivity index (χ2v) is 7.13. The number of benzene rings is 2. The Balaban J connectivity index is 1.46. The summed E-state index contributed by atoms with van der Waals surface area (Å²) in [5.74, 6) is -0.854. The Labute approximate surface area is 167 Å². The van der Waals surface area contributed by atoms with Gasteiger partial charge < -0.3 is 10.1 Å². The highest BCUT2D eigenvalue weighted by molar-refractivity contribution is 6.31. The number of pyridine rings is 1. The molecule has 4 rings (SSSR count). The van der Waals surface area contributed by atoms with Crippen LogP contribution in [0.2, 0.25) is 5.02 Å². The molecule has 1 N–H and O–H groups in total. The number of esters is 1. The van der Waals surface area contributed by atoms with Crippen molar-refractivity contribution in [2.24, 2.45) is 0 Å². The quantitative estimate of drug-likeness (QED) is 0.667. The zero-order chi connectivity index (χ0) is 19.5. The van der Waals surface area contributed by atoms with Gasteiger partial charge in [-0.2, -0.15) is 0 Å². The van der Waals surface area contributed by atoms with Crippen molar-refractivity contribution < 1.29 is 14.3 Å². The normalized spacial score (nSPS) is 12.6. The topological polar surface area (TPSA) is 68.3 Å². The predicted molar refractivity (Wildman–Crippen MR) is 107 cm³/mol. The third kappa shape index (κ3) is 3.71. The summed E-state index contributed by atoms with van der Waals surface area (Å²) in [6.45, 7) is -0.0572. The van der Waals surface area contributed by atoms with E-state index in [0.29, 0.717) is 10.6 Å². The first kappa shape index (κ1) is 18.4. The van der Waals surface area contributed by atoms with Crippen LogP contribution in [-0.2, 0) is 28.9 Å². The molecule has 1 heterocycles. The Hall–Kier alpha value is -2.92. The number of aromatic nitrogens is 1. The van der Waals surface area contributed by atoms with Crippen molar-refractivity contribution in [2.45, 2.75) is 25.8 Å². The Morgan fingerprint density at radius 2 is 1.86 bits per heavy atom. The summed E-state index contributed by atoms with van der Waals surface area (Å²) in [4.78, 5) is 29.6. The monoisotopic (exact) mass is 394 g/mol. The van der Waals surface area contributed by atoms with Crippen LogP contribution in [0.25, 0.3) is 10.9 Å². The molecule has 1 amide bonds. The van der Waals surface area contributed by atoms with E-state index < -0.39 is 5.97 Å². The van der Waals surface area contributed by atoms with Crippen LogP contribution < -0.4 is 5.32 Å². The smallest absolute Gasteiger partial charge is 0.339 e. The largest absolute Gasteiger partial charge is 0.452 e. The van der Waals surface area contributed by atoms with E-state index in [1.165, 1.54) is 0 Å². The molecule has 0 atom stereocenters. The van der Waals surface area contributed by atoms with Gasteiger partial charge in [-0.1, -0.05) is 48.0 Å². The van der Waals surface area contributed by atoms with Crippen LogP contribution in [-0.4, -0.2) is 23.5 Å². The number of aryl methyl sites for hydroxylation is 1. The Bertz CT molecular complexity index is 1060. The van der Waals surface area contributed by atoms with Crippen molar-refractivity contribution in [3.63, 3.8) is 0 Å². The molecule has 6 heteroatoms. The third-order valence-electron chi connectivity index (χ3n) is 4.89. The first-order chi connectivity index (χ1) is 13.6. The van der Waals surface area contributed by atoms with E-state index in [4.69, 9.17) is 16.3 Å². The van der Waals surface area contributed by atoms with Gasteiger partial charge in [0.1, 0.15) is 0 Å². The number of hydrogen-bond acceptors (Lipinski definition) is 4. The van der Waals surface area contributed by atoms with Gasteiger partial charge in [-0.05, 0) is 42.5 Å². The van der Waals surface area contributed by atoms with E-state index >= 15 is 0 Å². The Kier molecular flexibility index (Phi) is 5.26. The average molecular weight is 395 g/mol. The maximum Gasteiger partial charge on any atom is 0.339 e. The minimum absolute atomic E-state index is 0.281. The maximum atomic E-state index is 12.8. The molecule has 0 aliphatic heterocycles. The van der Waals surface area contributed by atoms with Gasteiger partial charge in [0.05, 0.1) is 11.1 Å². The molecule has 1 aromatic heterocycles. The number of nitrogens with one attached hydrogen (secondary N) is 1. The number of ether oxygens (including phenoxy) is 1. The van der Waals surface area contributed by atoms with Gasteiger partial charge >= 0.3 is 5.97 Å². The Morgan fingerprint density at radius 3 is 2.71 bits per heavy atom. The second kappa shape index (κ2) is 7.98. The van der Waals surface area contributed by atoms with E-state index in [-0.39, 0.29) is 19.1 Å². The molecule has 0 spiro atoms. The Morgan fingerprint density at radius 1 is 1.07 bits per heavy atom. The van der Waals surface area contributed by atoms with Crippen LogP contribution in [0.5, 0.6) is 0 Å². The molecule has 0 bridgehead atoms. The van der Waals surface area contributed by atoms with E-state index in [0.717, 1.165) is 47.0 Å². The van der Waals surface area contributed by atoms with E-state index in [1.54, 1.807) is 6.07 Å². The molecule has 2 aromatic carbocycles. The van der Waals surface area contributed by atoms with Gasteiger partial charge in [0.25, 0.3) is 5.91 Å². The summed E-state index contributed by atoms with van der Waals surface area (Å²) in [6, 6.07) is 14.8. The van der Waals surface area contributed by atoms with Crippen molar-refractivity contribution in [3.05, 3.63) is 75.9 Å². The first-order valence-corrected chi connectivity index (χ1v) is 9.59. The number of amides is 1. The molecule has 0 saturated carbocycles. The minimum atomic E-state index is -0.482. The summed E-state index contributed by atoms with van der Waals surface area (Å²) < 4.78 is 5.33. The molecule has 1 aliphatic rings. The fourth-order valence-corrected chi connectivity index (χ4v) is 3.74. The number of carbonyl (C=O) groups excluding carboxylic acids is 2. The molecule has 3 aromatic rings. The molecule has 5 nitrogen and oxygen atoms in total. The number of carbonyl (C=O) groups is 2. The lowest BCUT2D eigenvalue weighted by Crippen LogP contribution is -2.28. The molecular weight excluding hydrogens is 376 g/mol. The van der Waals surface area contributed by atoms with Gasteiger partial charge in [-0.3, -0.25) is 9.78 Å². The zero-order valence-corrected chi connectivity index (χ0v) is 16.0. The fourth-order valence-electron chi connectivity index (χ4n) is 3.53. The van der Waals surface area contributed by atoms with E-state index in [1.807, 2.05) is 42.5 Å². The van der Waals surface area contributed by atoms with Gasteiger partial charge in [-0.15, -0.1) is 0 Å². The lowest BCUT2D eigenvalue weighted by Gasteiger charge is -2.12. The van der Waals surface area contributed by atoms with Crippen LogP contribution >= 0.6 is 11.6 Å². The van der Waals surface area contributed by atoms with Crippen molar-refractivity contribution >= 4 is 34.4 Å². The standard InChI is InChI=1S/C22H19ClN2O3/c23-17-9-3-1-6-14(17)12-24-20(26)13-28-22(27)21-15-7-2-4-10-18(15)25-19-11-5-8-16(19)21/h1-4,6-7,9-10H,5,8,11-13H2,(H,24,26). The zero-order valence-electron chi connectivity index (χ0n) is 15.2. The number of fused-ring (bicyclic) bond motifs is 2. The lowest BCUT2D eigenvalue weighted by molar-refractivity contribution is -0.124. The van der Waals surface area contributed by atoms with Crippen molar-refractivity contribution in [3.8, 4) is 0 Å². The molecule has 28 heavy (non-hydrogen) atoms. The molecule has 0 unspecified atom stereocenters. The predicted octanol–water partition coefficient (Wildman–Crippen LogP) is 3.85. The first-order valence-electron chi connectivity index (χ1n) is 9.21. The van der Waals surface area contributed by atoms with Crippen molar-refractivity contribution in [1.29, 1.82) is 0 Å². The summed E-state index contributed by atoms with van der Waals surface area (Å²) in [5.41, 5.74) is 4.02. The summed E-state index contributed by atoms with van der Waals surface area (Å²) in [5, 5.41) is 4.07. The van der Waals surface area contributed by atoms with Crippen LogP contribution in [0.4, 0.5) is 0 Å². The van der Waals surface area contributed by atoms with Crippen LogP contribution in [0.3, 0.4) is 0 Å². The number of halogens is 1. The molecular formula is C22H19ClN2O3. The third-order valence-corrected chi connectivity index (χ3v) is 5.26. The molecule has 0 radical (unpaired) electrons. The van der Waals surface area contributed by atoms with Crippen molar-refractivity contribution in [2.75, 3.05) is 6.61 Å². The molecule has 0 saturated heterocycles. The van der Waals surface area contributed by atoms with Crippen LogP contribution in [0.15, 0.2) is 48.5 Å². The van der Waals surface area contributed by atoms with Crippen molar-refractivity contribution in [1.82, 2.24) is 10.3 Å². The highest BCUT2D eigenvalue weighted by Crippen LogP contribution is 2.30.